The van der Waals surface area contributed by atoms with Crippen LogP contribution < -0.4 is 10.6 Å². The van der Waals surface area contributed by atoms with Gasteiger partial charge in [-0.25, -0.2) is 4.79 Å². The third-order valence-electron chi connectivity index (χ3n) is 4.79. The minimum atomic E-state index is -0.418. The summed E-state index contributed by atoms with van der Waals surface area (Å²) < 4.78 is 6.02. The van der Waals surface area contributed by atoms with Crippen molar-refractivity contribution in [2.75, 3.05) is 6.54 Å². The van der Waals surface area contributed by atoms with Crippen molar-refractivity contribution >= 4 is 6.03 Å². The van der Waals surface area contributed by atoms with Gasteiger partial charge in [-0.15, -0.1) is 0 Å². The Kier molecular flexibility index (Phi) is 6.12. The second kappa shape index (κ2) is 7.75. The van der Waals surface area contributed by atoms with Crippen molar-refractivity contribution in [1.29, 1.82) is 0 Å². The van der Waals surface area contributed by atoms with Gasteiger partial charge in [-0.1, -0.05) is 30.3 Å². The van der Waals surface area contributed by atoms with Gasteiger partial charge in [0.15, 0.2) is 0 Å². The van der Waals surface area contributed by atoms with Crippen molar-refractivity contribution < 1.29 is 14.6 Å². The highest BCUT2D eigenvalue weighted by molar-refractivity contribution is 5.74. The van der Waals surface area contributed by atoms with Crippen LogP contribution in [0.1, 0.15) is 58.9 Å². The van der Waals surface area contributed by atoms with Crippen molar-refractivity contribution in [3.63, 3.8) is 0 Å². The fourth-order valence-electron chi connectivity index (χ4n) is 3.69. The van der Waals surface area contributed by atoms with Gasteiger partial charge in [0.2, 0.25) is 0 Å². The molecule has 0 spiro atoms. The number of carbonyl (C=O) groups excluding carboxylic acids is 1. The number of nitrogens with one attached hydrogen (secondary N) is 2. The Morgan fingerprint density at radius 3 is 2.44 bits per heavy atom. The van der Waals surface area contributed by atoms with Crippen LogP contribution in [0.5, 0.6) is 0 Å². The van der Waals surface area contributed by atoms with Crippen molar-refractivity contribution in [2.24, 2.45) is 0 Å². The van der Waals surface area contributed by atoms with E-state index in [1.165, 1.54) is 0 Å². The lowest BCUT2D eigenvalue weighted by Gasteiger charge is -2.28. The molecule has 0 radical (unpaired) electrons. The number of urea groups is 1. The molecule has 140 valence electrons. The largest absolute Gasteiger partial charge is 0.393 e. The van der Waals surface area contributed by atoms with Crippen molar-refractivity contribution in [3.8, 4) is 0 Å². The predicted octanol–water partition coefficient (Wildman–Crippen LogP) is 3.19. The summed E-state index contributed by atoms with van der Waals surface area (Å²) in [5, 5.41) is 15.8. The summed E-state index contributed by atoms with van der Waals surface area (Å²) in [7, 11) is 0. The van der Waals surface area contributed by atoms with Crippen LogP contribution in [0.15, 0.2) is 30.3 Å². The molecule has 1 saturated heterocycles. The molecule has 0 bridgehead atoms. The Balaban J connectivity index is 1.93. The highest BCUT2D eigenvalue weighted by atomic mass is 16.5. The molecule has 1 aromatic carbocycles. The van der Waals surface area contributed by atoms with E-state index >= 15 is 0 Å². The zero-order chi connectivity index (χ0) is 18.7. The maximum Gasteiger partial charge on any atom is 0.315 e. The van der Waals surface area contributed by atoms with Crippen LogP contribution >= 0.6 is 0 Å². The van der Waals surface area contributed by atoms with Gasteiger partial charge in [-0.2, -0.15) is 0 Å². The van der Waals surface area contributed by atoms with Crippen LogP contribution in [0.2, 0.25) is 0 Å². The second-order valence-corrected chi connectivity index (χ2v) is 8.27. The van der Waals surface area contributed by atoms with E-state index in [9.17, 15) is 9.90 Å². The molecule has 3 atom stereocenters. The van der Waals surface area contributed by atoms with Gasteiger partial charge >= 0.3 is 6.03 Å². The molecule has 0 aromatic heterocycles. The van der Waals surface area contributed by atoms with E-state index in [1.807, 2.05) is 58.0 Å². The number of aliphatic hydroxyl groups excluding tert-OH is 1. The highest BCUT2D eigenvalue weighted by Gasteiger charge is 2.46. The summed E-state index contributed by atoms with van der Waals surface area (Å²) in [4.78, 5) is 12.4. The van der Waals surface area contributed by atoms with Crippen LogP contribution in [-0.4, -0.2) is 41.0 Å². The van der Waals surface area contributed by atoms with E-state index in [-0.39, 0.29) is 29.2 Å². The quantitative estimate of drug-likeness (QED) is 0.739. The van der Waals surface area contributed by atoms with Crippen molar-refractivity contribution in [1.82, 2.24) is 10.6 Å². The molecule has 0 saturated carbocycles. The van der Waals surface area contributed by atoms with Gasteiger partial charge in [0, 0.05) is 12.5 Å². The molecule has 1 aromatic rings. The molecule has 1 aliphatic heterocycles. The van der Waals surface area contributed by atoms with Crippen LogP contribution in [0.4, 0.5) is 4.79 Å². The number of ether oxygens (including phenoxy) is 1. The number of amides is 2. The molecule has 25 heavy (non-hydrogen) atoms. The average Bonchev–Trinajstić information content (AvgIpc) is 2.71. The highest BCUT2D eigenvalue weighted by Crippen LogP contribution is 2.37. The normalized spacial score (nSPS) is 23.7. The molecule has 5 nitrogen and oxygen atoms in total. The Hall–Kier alpha value is -1.59. The standard InChI is InChI=1S/C20H32N2O3/c1-14(23)11-16(15-9-7-6-8-10-15)13-21-18(24)22-17-12-19(2,3)25-20(17,4)5/h6-10,14,16-17,23H,11-13H2,1-5H3,(H2,21,22,24)/t14-,16-,17-/m0/s1. The zero-order valence-corrected chi connectivity index (χ0v) is 16.0. The molecular formula is C20H32N2O3. The maximum absolute atomic E-state index is 12.4. The molecule has 1 fully saturated rings. The number of carbonyl (C=O) groups is 1. The molecule has 5 heteroatoms. The summed E-state index contributed by atoms with van der Waals surface area (Å²) in [5.74, 6) is 0.0798. The Morgan fingerprint density at radius 2 is 1.92 bits per heavy atom. The Labute approximate surface area is 151 Å². The minimum absolute atomic E-state index is 0.0329. The first-order chi connectivity index (χ1) is 11.6. The third-order valence-corrected chi connectivity index (χ3v) is 4.79. The summed E-state index contributed by atoms with van der Waals surface area (Å²) >= 11 is 0. The summed E-state index contributed by atoms with van der Waals surface area (Å²) in [6, 6.07) is 9.76. The molecule has 2 amide bonds. The number of hydrogen-bond acceptors (Lipinski definition) is 3. The lowest BCUT2D eigenvalue weighted by atomic mass is 9.93. The second-order valence-electron chi connectivity index (χ2n) is 8.27. The summed E-state index contributed by atoms with van der Waals surface area (Å²) in [6.07, 6.45) is 0.969. The van der Waals surface area contributed by atoms with Gasteiger partial charge in [-0.05, 0) is 53.0 Å². The van der Waals surface area contributed by atoms with E-state index in [4.69, 9.17) is 4.74 Å². The monoisotopic (exact) mass is 348 g/mol. The van der Waals surface area contributed by atoms with Crippen LogP contribution in [0.3, 0.4) is 0 Å². The summed E-state index contributed by atoms with van der Waals surface area (Å²) in [5.41, 5.74) is 0.494. The number of aliphatic hydroxyl groups is 1. The number of hydrogen-bond donors (Lipinski definition) is 3. The third kappa shape index (κ3) is 5.72. The van der Waals surface area contributed by atoms with Crippen molar-refractivity contribution in [2.45, 2.75) is 76.7 Å². The Morgan fingerprint density at radius 1 is 1.28 bits per heavy atom. The SMILES string of the molecule is C[C@H](O)C[C@@H](CNC(=O)N[C@H]1CC(C)(C)OC1(C)C)c1ccccc1. The van der Waals surface area contributed by atoms with Crippen LogP contribution in [0.25, 0.3) is 0 Å². The van der Waals surface area contributed by atoms with E-state index in [0.717, 1.165) is 12.0 Å². The molecule has 0 unspecified atom stereocenters. The average molecular weight is 348 g/mol. The van der Waals surface area contributed by atoms with E-state index in [0.29, 0.717) is 13.0 Å². The first-order valence-electron chi connectivity index (χ1n) is 9.06. The maximum atomic E-state index is 12.4. The van der Waals surface area contributed by atoms with E-state index in [1.54, 1.807) is 6.92 Å². The molecule has 1 aliphatic rings. The number of rotatable bonds is 6. The molecular weight excluding hydrogens is 316 g/mol. The van der Waals surface area contributed by atoms with Crippen molar-refractivity contribution in [3.05, 3.63) is 35.9 Å². The fraction of sp³-hybridized carbons (Fsp3) is 0.650. The van der Waals surface area contributed by atoms with Crippen LogP contribution in [-0.2, 0) is 4.74 Å². The van der Waals surface area contributed by atoms with E-state index in [2.05, 4.69) is 10.6 Å². The van der Waals surface area contributed by atoms with E-state index < -0.39 is 6.10 Å². The zero-order valence-electron chi connectivity index (χ0n) is 16.0. The molecule has 0 aliphatic carbocycles. The number of benzene rings is 1. The first-order valence-corrected chi connectivity index (χ1v) is 9.06. The predicted molar refractivity (Wildman–Crippen MR) is 99.7 cm³/mol. The Bertz CT molecular complexity index is 570. The fourth-order valence-corrected chi connectivity index (χ4v) is 3.69. The lowest BCUT2D eigenvalue weighted by Crippen LogP contribution is -2.50. The van der Waals surface area contributed by atoms with Gasteiger partial charge in [-0.3, -0.25) is 0 Å². The molecule has 1 heterocycles. The van der Waals surface area contributed by atoms with Gasteiger partial charge < -0.3 is 20.5 Å². The van der Waals surface area contributed by atoms with Crippen LogP contribution in [0, 0.1) is 0 Å². The smallest absolute Gasteiger partial charge is 0.315 e. The topological polar surface area (TPSA) is 70.6 Å². The summed E-state index contributed by atoms with van der Waals surface area (Å²) in [6.45, 7) is 10.4. The van der Waals surface area contributed by atoms with Gasteiger partial charge in [0.25, 0.3) is 0 Å². The minimum Gasteiger partial charge on any atom is -0.393 e. The van der Waals surface area contributed by atoms with Gasteiger partial charge in [0.05, 0.1) is 23.3 Å². The lowest BCUT2D eigenvalue weighted by molar-refractivity contribution is -0.0690. The molecule has 2 rings (SSSR count). The first kappa shape index (κ1) is 19.7. The van der Waals surface area contributed by atoms with Gasteiger partial charge in [0.1, 0.15) is 0 Å². The molecule has 3 N–H and O–H groups in total.